The summed E-state index contributed by atoms with van der Waals surface area (Å²) in [6, 6.07) is 8.47. The lowest BCUT2D eigenvalue weighted by Crippen LogP contribution is -2.04. The Balaban J connectivity index is 2.23. The zero-order valence-corrected chi connectivity index (χ0v) is 11.2. The van der Waals surface area contributed by atoms with Gasteiger partial charge in [0.05, 0.1) is 16.1 Å². The summed E-state index contributed by atoms with van der Waals surface area (Å²) in [5.41, 5.74) is 0.714. The van der Waals surface area contributed by atoms with Gasteiger partial charge in [0.25, 0.3) is 0 Å². The summed E-state index contributed by atoms with van der Waals surface area (Å²) in [5.74, 6) is -1.12. The van der Waals surface area contributed by atoms with E-state index in [1.807, 2.05) is 0 Å². The molecule has 0 aliphatic heterocycles. The van der Waals surface area contributed by atoms with Crippen molar-refractivity contribution in [3.05, 3.63) is 69.2 Å². The number of aliphatic hydroxyl groups is 1. The Bertz CT molecular complexity index is 602. The van der Waals surface area contributed by atoms with Crippen LogP contribution in [0.5, 0.6) is 0 Å². The fourth-order valence-electron chi connectivity index (χ4n) is 1.75. The maximum Gasteiger partial charge on any atom is 0.145 e. The van der Waals surface area contributed by atoms with E-state index in [-0.39, 0.29) is 16.5 Å². The summed E-state index contributed by atoms with van der Waals surface area (Å²) in [6.07, 6.45) is -0.944. The van der Waals surface area contributed by atoms with Gasteiger partial charge in [-0.1, -0.05) is 41.4 Å². The van der Waals surface area contributed by atoms with Crippen LogP contribution in [-0.4, -0.2) is 5.11 Å². The first-order chi connectivity index (χ1) is 8.99. The van der Waals surface area contributed by atoms with E-state index in [0.717, 1.165) is 6.07 Å². The average Bonchev–Trinajstić information content (AvgIpc) is 2.38. The fourth-order valence-corrected chi connectivity index (χ4v) is 2.14. The smallest absolute Gasteiger partial charge is 0.145 e. The van der Waals surface area contributed by atoms with Gasteiger partial charge in [0.2, 0.25) is 0 Å². The lowest BCUT2D eigenvalue weighted by molar-refractivity contribution is 0.177. The van der Waals surface area contributed by atoms with Crippen LogP contribution in [0, 0.1) is 11.6 Å². The molecule has 2 aromatic rings. The monoisotopic (exact) mass is 302 g/mol. The van der Waals surface area contributed by atoms with Gasteiger partial charge in [0.1, 0.15) is 11.6 Å². The molecule has 0 aromatic heterocycles. The standard InChI is InChI=1S/C14H10Cl2F2O/c15-10-3-1-2-9(14(10)18)7-13(19)8-4-5-12(17)11(16)6-8/h1-6,13,19H,7H2. The average molecular weight is 303 g/mol. The predicted octanol–water partition coefficient (Wildman–Crippen LogP) is 4.55. The Morgan fingerprint density at radius 3 is 2.47 bits per heavy atom. The first-order valence-corrected chi connectivity index (χ1v) is 6.30. The van der Waals surface area contributed by atoms with Crippen LogP contribution in [0.4, 0.5) is 8.78 Å². The molecule has 1 nitrogen and oxygen atoms in total. The molecular formula is C14H10Cl2F2O. The second kappa shape index (κ2) is 5.87. The highest BCUT2D eigenvalue weighted by atomic mass is 35.5. The first kappa shape index (κ1) is 14.3. The zero-order chi connectivity index (χ0) is 14.0. The van der Waals surface area contributed by atoms with Gasteiger partial charge in [0.15, 0.2) is 0 Å². The summed E-state index contributed by atoms with van der Waals surface area (Å²) >= 11 is 11.3. The molecule has 100 valence electrons. The molecule has 0 bridgehead atoms. The van der Waals surface area contributed by atoms with Crippen molar-refractivity contribution in [3.63, 3.8) is 0 Å². The third-order valence-corrected chi connectivity index (χ3v) is 3.35. The van der Waals surface area contributed by atoms with Crippen molar-refractivity contribution in [3.8, 4) is 0 Å². The van der Waals surface area contributed by atoms with Crippen LogP contribution < -0.4 is 0 Å². The molecule has 0 saturated carbocycles. The molecule has 1 N–H and O–H groups in total. The van der Waals surface area contributed by atoms with Gasteiger partial charge in [-0.15, -0.1) is 0 Å². The minimum absolute atomic E-state index is 0.00170. The molecule has 0 fully saturated rings. The highest BCUT2D eigenvalue weighted by Crippen LogP contribution is 2.26. The maximum atomic E-state index is 13.7. The van der Waals surface area contributed by atoms with E-state index in [1.165, 1.54) is 24.3 Å². The summed E-state index contributed by atoms with van der Waals surface area (Å²) in [7, 11) is 0. The second-order valence-corrected chi connectivity index (χ2v) is 4.92. The number of hydrogen-bond acceptors (Lipinski definition) is 1. The molecule has 19 heavy (non-hydrogen) atoms. The van der Waals surface area contributed by atoms with Crippen molar-refractivity contribution in [2.45, 2.75) is 12.5 Å². The van der Waals surface area contributed by atoms with E-state index in [9.17, 15) is 13.9 Å². The van der Waals surface area contributed by atoms with Gasteiger partial charge in [-0.25, -0.2) is 8.78 Å². The molecule has 0 aliphatic rings. The van der Waals surface area contributed by atoms with Gasteiger partial charge in [0, 0.05) is 6.42 Å². The second-order valence-electron chi connectivity index (χ2n) is 4.11. The largest absolute Gasteiger partial charge is 0.388 e. The molecule has 2 rings (SSSR count). The quantitative estimate of drug-likeness (QED) is 0.882. The number of rotatable bonds is 3. The number of aliphatic hydroxyl groups excluding tert-OH is 1. The fraction of sp³-hybridized carbons (Fsp3) is 0.143. The molecule has 0 heterocycles. The van der Waals surface area contributed by atoms with E-state index < -0.39 is 17.7 Å². The molecule has 1 unspecified atom stereocenters. The Morgan fingerprint density at radius 2 is 1.79 bits per heavy atom. The molecule has 0 spiro atoms. The van der Waals surface area contributed by atoms with Crippen LogP contribution in [0.2, 0.25) is 10.0 Å². The molecule has 0 radical (unpaired) electrons. The molecule has 0 saturated heterocycles. The summed E-state index contributed by atoms with van der Waals surface area (Å²) in [5, 5.41) is 9.94. The first-order valence-electron chi connectivity index (χ1n) is 5.55. The van der Waals surface area contributed by atoms with Crippen LogP contribution in [0.25, 0.3) is 0 Å². The van der Waals surface area contributed by atoms with Crippen molar-refractivity contribution in [2.75, 3.05) is 0 Å². The Labute approximate surface area is 119 Å². The number of hydrogen-bond donors (Lipinski definition) is 1. The van der Waals surface area contributed by atoms with E-state index in [0.29, 0.717) is 11.1 Å². The lowest BCUT2D eigenvalue weighted by Gasteiger charge is -2.12. The molecule has 1 atom stereocenters. The minimum Gasteiger partial charge on any atom is -0.388 e. The SMILES string of the molecule is OC(Cc1cccc(Cl)c1F)c1ccc(F)c(Cl)c1. The maximum absolute atomic E-state index is 13.7. The van der Waals surface area contributed by atoms with Gasteiger partial charge >= 0.3 is 0 Å². The van der Waals surface area contributed by atoms with E-state index in [4.69, 9.17) is 23.2 Å². The van der Waals surface area contributed by atoms with Crippen LogP contribution in [0.3, 0.4) is 0 Å². The molecule has 0 aliphatic carbocycles. The topological polar surface area (TPSA) is 20.2 Å². The van der Waals surface area contributed by atoms with Crippen LogP contribution >= 0.6 is 23.2 Å². The Hall–Kier alpha value is -1.16. The van der Waals surface area contributed by atoms with E-state index in [1.54, 1.807) is 6.07 Å². The normalized spacial score (nSPS) is 12.5. The number of benzene rings is 2. The predicted molar refractivity (Wildman–Crippen MR) is 71.5 cm³/mol. The van der Waals surface area contributed by atoms with Crippen molar-refractivity contribution in [1.29, 1.82) is 0 Å². The van der Waals surface area contributed by atoms with Crippen molar-refractivity contribution >= 4 is 23.2 Å². The van der Waals surface area contributed by atoms with Gasteiger partial charge < -0.3 is 5.11 Å². The van der Waals surface area contributed by atoms with Gasteiger partial charge in [-0.3, -0.25) is 0 Å². The molecule has 5 heteroatoms. The third kappa shape index (κ3) is 3.24. The number of halogens is 4. The van der Waals surface area contributed by atoms with Gasteiger partial charge in [-0.2, -0.15) is 0 Å². The highest BCUT2D eigenvalue weighted by Gasteiger charge is 2.14. The van der Waals surface area contributed by atoms with Crippen LogP contribution in [0.15, 0.2) is 36.4 Å². The minimum atomic E-state index is -0.980. The van der Waals surface area contributed by atoms with Crippen LogP contribution in [-0.2, 0) is 6.42 Å². The zero-order valence-electron chi connectivity index (χ0n) is 9.71. The van der Waals surface area contributed by atoms with Crippen LogP contribution in [0.1, 0.15) is 17.2 Å². The highest BCUT2D eigenvalue weighted by molar-refractivity contribution is 6.31. The Kier molecular flexibility index (Phi) is 4.40. The molecular weight excluding hydrogens is 293 g/mol. The van der Waals surface area contributed by atoms with Crippen molar-refractivity contribution in [1.82, 2.24) is 0 Å². The van der Waals surface area contributed by atoms with Gasteiger partial charge in [-0.05, 0) is 29.3 Å². The van der Waals surface area contributed by atoms with Crippen molar-refractivity contribution in [2.24, 2.45) is 0 Å². The molecule has 2 aromatic carbocycles. The van der Waals surface area contributed by atoms with E-state index in [2.05, 4.69) is 0 Å². The third-order valence-electron chi connectivity index (χ3n) is 2.77. The van der Waals surface area contributed by atoms with Crippen molar-refractivity contribution < 1.29 is 13.9 Å². The Morgan fingerprint density at radius 1 is 1.05 bits per heavy atom. The molecule has 0 amide bonds. The van der Waals surface area contributed by atoms with E-state index >= 15 is 0 Å². The summed E-state index contributed by atoms with van der Waals surface area (Å²) in [6.45, 7) is 0. The lowest BCUT2D eigenvalue weighted by atomic mass is 10.0. The summed E-state index contributed by atoms with van der Waals surface area (Å²) in [4.78, 5) is 0. The summed E-state index contributed by atoms with van der Waals surface area (Å²) < 4.78 is 26.7.